The average Bonchev–Trinajstić information content (AvgIpc) is 3.26. The Morgan fingerprint density at radius 2 is 1.14 bits per heavy atom. The molecule has 0 radical (unpaired) electrons. The predicted molar refractivity (Wildman–Crippen MR) is 117 cm³/mol. The van der Waals surface area contributed by atoms with Gasteiger partial charge in [0, 0.05) is 0 Å². The third-order valence-corrected chi connectivity index (χ3v) is 7.14. The SMILES string of the molecule is CCCCCCCCCCCCCC[C@@H](O)[C@H]1CC[C@H]([C@H]2CC[C@H]([C@H]3CO3)O2)O1. The molecule has 3 rings (SSSR count). The molecule has 170 valence electrons. The van der Waals surface area contributed by atoms with E-state index in [0.29, 0.717) is 6.10 Å². The lowest BCUT2D eigenvalue weighted by Gasteiger charge is -2.22. The molecule has 3 aliphatic rings. The minimum Gasteiger partial charge on any atom is -0.390 e. The van der Waals surface area contributed by atoms with Crippen LogP contribution in [0.2, 0.25) is 0 Å². The van der Waals surface area contributed by atoms with Crippen molar-refractivity contribution >= 4 is 0 Å². The highest BCUT2D eigenvalue weighted by Gasteiger charge is 2.44. The lowest BCUT2D eigenvalue weighted by Crippen LogP contribution is -2.31. The number of unbranched alkanes of at least 4 members (excludes halogenated alkanes) is 11. The number of hydrogen-bond acceptors (Lipinski definition) is 4. The van der Waals surface area contributed by atoms with Gasteiger partial charge in [0.25, 0.3) is 0 Å². The van der Waals surface area contributed by atoms with Gasteiger partial charge in [-0.15, -0.1) is 0 Å². The van der Waals surface area contributed by atoms with Crippen molar-refractivity contribution in [2.24, 2.45) is 0 Å². The zero-order chi connectivity index (χ0) is 20.3. The maximum absolute atomic E-state index is 10.5. The van der Waals surface area contributed by atoms with Crippen molar-refractivity contribution < 1.29 is 19.3 Å². The van der Waals surface area contributed by atoms with Crippen LogP contribution in [0.3, 0.4) is 0 Å². The molecule has 0 saturated carbocycles. The Bertz CT molecular complexity index is 425. The largest absolute Gasteiger partial charge is 0.390 e. The van der Waals surface area contributed by atoms with Crippen LogP contribution >= 0.6 is 0 Å². The van der Waals surface area contributed by atoms with Crippen molar-refractivity contribution in [3.8, 4) is 0 Å². The second kappa shape index (κ2) is 13.3. The normalized spacial score (nSPS) is 32.7. The molecule has 0 amide bonds. The minimum absolute atomic E-state index is 0.0209. The minimum atomic E-state index is -0.299. The number of rotatable bonds is 16. The molecule has 3 fully saturated rings. The van der Waals surface area contributed by atoms with Gasteiger partial charge < -0.3 is 19.3 Å². The highest BCUT2D eigenvalue weighted by Crippen LogP contribution is 2.36. The molecule has 6 atom stereocenters. The summed E-state index contributed by atoms with van der Waals surface area (Å²) in [6.07, 6.45) is 22.1. The zero-order valence-corrected chi connectivity index (χ0v) is 18.9. The number of aliphatic hydroxyl groups is 1. The Kier molecular flexibility index (Phi) is 10.8. The first-order chi connectivity index (χ1) is 14.3. The Labute approximate surface area is 179 Å². The van der Waals surface area contributed by atoms with Crippen LogP contribution in [-0.4, -0.2) is 48.3 Å². The van der Waals surface area contributed by atoms with E-state index >= 15 is 0 Å². The smallest absolute Gasteiger partial charge is 0.107 e. The van der Waals surface area contributed by atoms with E-state index in [9.17, 15) is 5.11 Å². The molecule has 0 aliphatic carbocycles. The van der Waals surface area contributed by atoms with Gasteiger partial charge in [-0.3, -0.25) is 0 Å². The monoisotopic (exact) mass is 410 g/mol. The van der Waals surface area contributed by atoms with E-state index in [1.807, 2.05) is 0 Å². The second-order valence-corrected chi connectivity index (χ2v) is 9.70. The molecule has 0 unspecified atom stereocenters. The van der Waals surface area contributed by atoms with Crippen LogP contribution in [0.25, 0.3) is 0 Å². The Morgan fingerprint density at radius 1 is 0.655 bits per heavy atom. The van der Waals surface area contributed by atoms with Crippen LogP contribution in [0, 0.1) is 0 Å². The molecule has 0 spiro atoms. The summed E-state index contributed by atoms with van der Waals surface area (Å²) < 4.78 is 17.7. The van der Waals surface area contributed by atoms with Crippen LogP contribution in [0.5, 0.6) is 0 Å². The highest BCUT2D eigenvalue weighted by atomic mass is 16.6. The van der Waals surface area contributed by atoms with Crippen molar-refractivity contribution in [1.82, 2.24) is 0 Å². The summed E-state index contributed by atoms with van der Waals surface area (Å²) in [4.78, 5) is 0. The first kappa shape index (κ1) is 23.5. The van der Waals surface area contributed by atoms with Gasteiger partial charge in [0.1, 0.15) is 6.10 Å². The predicted octanol–water partition coefficient (Wildman–Crippen LogP) is 5.93. The summed E-state index contributed by atoms with van der Waals surface area (Å²) in [5.41, 5.74) is 0. The number of epoxide rings is 1. The van der Waals surface area contributed by atoms with Crippen LogP contribution in [0.1, 0.15) is 116 Å². The molecule has 3 aliphatic heterocycles. The van der Waals surface area contributed by atoms with Crippen LogP contribution in [0.4, 0.5) is 0 Å². The van der Waals surface area contributed by atoms with Crippen LogP contribution < -0.4 is 0 Å². The van der Waals surface area contributed by atoms with E-state index in [4.69, 9.17) is 14.2 Å². The van der Waals surface area contributed by atoms with Gasteiger partial charge in [0.15, 0.2) is 0 Å². The molecule has 3 heterocycles. The van der Waals surface area contributed by atoms with Gasteiger partial charge >= 0.3 is 0 Å². The summed E-state index contributed by atoms with van der Waals surface area (Å²) in [7, 11) is 0. The zero-order valence-electron chi connectivity index (χ0n) is 18.9. The molecule has 4 nitrogen and oxygen atoms in total. The molecule has 4 heteroatoms. The highest BCUT2D eigenvalue weighted by molar-refractivity contribution is 4.91. The van der Waals surface area contributed by atoms with Crippen molar-refractivity contribution in [1.29, 1.82) is 0 Å². The lowest BCUT2D eigenvalue weighted by molar-refractivity contribution is -0.0955. The molecular weight excluding hydrogens is 364 g/mol. The topological polar surface area (TPSA) is 51.2 Å². The summed E-state index contributed by atoms with van der Waals surface area (Å²) in [5, 5.41) is 10.5. The molecule has 29 heavy (non-hydrogen) atoms. The summed E-state index contributed by atoms with van der Waals surface area (Å²) in [5.74, 6) is 0. The van der Waals surface area contributed by atoms with Gasteiger partial charge in [-0.1, -0.05) is 84.0 Å². The molecule has 0 aromatic carbocycles. The van der Waals surface area contributed by atoms with E-state index < -0.39 is 0 Å². The standard InChI is InChI=1S/C25H46O4/c1-2-3-4-5-6-7-8-9-10-11-12-13-14-20(26)21-15-16-22(28-21)23-17-18-24(29-23)25-19-27-25/h20-26H,2-19H2,1H3/t20-,21-,22-,23-,24-,25-/m1/s1. The van der Waals surface area contributed by atoms with E-state index in [1.54, 1.807) is 0 Å². The Morgan fingerprint density at radius 3 is 1.72 bits per heavy atom. The van der Waals surface area contributed by atoms with Crippen molar-refractivity contribution in [3.05, 3.63) is 0 Å². The van der Waals surface area contributed by atoms with E-state index in [-0.39, 0.29) is 30.5 Å². The fourth-order valence-corrected chi connectivity index (χ4v) is 5.13. The Hall–Kier alpha value is -0.160. The van der Waals surface area contributed by atoms with E-state index in [1.165, 1.54) is 70.6 Å². The lowest BCUT2D eigenvalue weighted by atomic mass is 10.0. The summed E-state index contributed by atoms with van der Waals surface area (Å²) in [6, 6.07) is 0. The van der Waals surface area contributed by atoms with E-state index in [2.05, 4.69) is 6.92 Å². The van der Waals surface area contributed by atoms with E-state index in [0.717, 1.165) is 45.1 Å². The van der Waals surface area contributed by atoms with Crippen LogP contribution in [-0.2, 0) is 14.2 Å². The van der Waals surface area contributed by atoms with Gasteiger partial charge in [-0.2, -0.15) is 0 Å². The summed E-state index contributed by atoms with van der Waals surface area (Å²) >= 11 is 0. The fraction of sp³-hybridized carbons (Fsp3) is 1.00. The first-order valence-electron chi connectivity index (χ1n) is 12.9. The molecule has 1 N–H and O–H groups in total. The van der Waals surface area contributed by atoms with Crippen molar-refractivity contribution in [2.75, 3.05) is 6.61 Å². The summed E-state index contributed by atoms with van der Waals surface area (Å²) in [6.45, 7) is 3.14. The number of aliphatic hydroxyl groups excluding tert-OH is 1. The molecule has 0 bridgehead atoms. The second-order valence-electron chi connectivity index (χ2n) is 9.70. The quantitative estimate of drug-likeness (QED) is 0.253. The molecular formula is C25H46O4. The molecule has 0 aromatic heterocycles. The number of ether oxygens (including phenoxy) is 3. The van der Waals surface area contributed by atoms with Gasteiger partial charge in [-0.05, 0) is 32.1 Å². The van der Waals surface area contributed by atoms with Crippen LogP contribution in [0.15, 0.2) is 0 Å². The van der Waals surface area contributed by atoms with Crippen molar-refractivity contribution in [2.45, 2.75) is 153 Å². The molecule has 3 saturated heterocycles. The maximum Gasteiger partial charge on any atom is 0.107 e. The molecule has 0 aromatic rings. The third-order valence-electron chi connectivity index (χ3n) is 7.14. The maximum atomic E-state index is 10.5. The number of hydrogen-bond donors (Lipinski definition) is 1. The average molecular weight is 411 g/mol. The third kappa shape index (κ3) is 8.47. The van der Waals surface area contributed by atoms with Gasteiger partial charge in [0.05, 0.1) is 37.1 Å². The fourth-order valence-electron chi connectivity index (χ4n) is 5.13. The first-order valence-corrected chi connectivity index (χ1v) is 12.9. The van der Waals surface area contributed by atoms with Gasteiger partial charge in [-0.25, -0.2) is 0 Å². The van der Waals surface area contributed by atoms with Gasteiger partial charge in [0.2, 0.25) is 0 Å². The van der Waals surface area contributed by atoms with Crippen molar-refractivity contribution in [3.63, 3.8) is 0 Å². The Balaban J connectivity index is 1.13.